The number of H-pyrrole nitrogens is 1. The zero-order valence-electron chi connectivity index (χ0n) is 11.4. The lowest BCUT2D eigenvalue weighted by Crippen LogP contribution is -2.36. The highest BCUT2D eigenvalue weighted by Gasteiger charge is 1.99. The maximum atomic E-state index is 5.86. The molecule has 0 atom stereocenters. The first kappa shape index (κ1) is 14.4. The van der Waals surface area contributed by atoms with Crippen LogP contribution in [0.4, 0.5) is 0 Å². The number of aliphatic imine (C=N–C) groups is 1. The van der Waals surface area contributed by atoms with Gasteiger partial charge < -0.3 is 10.6 Å². The number of benzene rings is 1. The van der Waals surface area contributed by atoms with Crippen molar-refractivity contribution in [3.8, 4) is 0 Å². The molecule has 0 saturated heterocycles. The number of aromatic amines is 1. The molecule has 1 aromatic carbocycles. The average molecular weight is 292 g/mol. The van der Waals surface area contributed by atoms with Gasteiger partial charge in [-0.1, -0.05) is 23.7 Å². The lowest BCUT2D eigenvalue weighted by atomic mass is 10.2. The number of halogens is 1. The molecule has 0 spiro atoms. The molecule has 0 radical (unpaired) electrons. The molecule has 2 aromatic rings. The standard InChI is InChI=1S/C14H18ClN5/c1-2-16-14(18-10-13-7-8-19-20-13)17-9-11-3-5-12(15)6-4-11/h3-8H,2,9-10H2,1H3,(H,19,20)(H2,16,17,18). The summed E-state index contributed by atoms with van der Waals surface area (Å²) in [7, 11) is 0. The fourth-order valence-corrected chi connectivity index (χ4v) is 1.79. The molecule has 1 aromatic heterocycles. The Balaban J connectivity index is 1.92. The molecular formula is C14H18ClN5. The second-order valence-electron chi connectivity index (χ2n) is 4.26. The number of hydrogen-bond acceptors (Lipinski definition) is 2. The third-order valence-corrected chi connectivity index (χ3v) is 2.93. The summed E-state index contributed by atoms with van der Waals surface area (Å²) in [5.74, 6) is 0.775. The van der Waals surface area contributed by atoms with Crippen LogP contribution < -0.4 is 10.6 Å². The Labute approximate surface area is 123 Å². The Morgan fingerprint density at radius 3 is 2.70 bits per heavy atom. The quantitative estimate of drug-likeness (QED) is 0.585. The van der Waals surface area contributed by atoms with Crippen LogP contribution in [0.3, 0.4) is 0 Å². The molecule has 106 valence electrons. The van der Waals surface area contributed by atoms with Gasteiger partial charge in [0, 0.05) is 17.8 Å². The molecule has 20 heavy (non-hydrogen) atoms. The summed E-state index contributed by atoms with van der Waals surface area (Å²) in [5, 5.41) is 14.0. The topological polar surface area (TPSA) is 65.1 Å². The van der Waals surface area contributed by atoms with E-state index in [9.17, 15) is 0 Å². The maximum Gasteiger partial charge on any atom is 0.191 e. The van der Waals surface area contributed by atoms with E-state index < -0.39 is 0 Å². The number of nitrogens with one attached hydrogen (secondary N) is 3. The highest BCUT2D eigenvalue weighted by Crippen LogP contribution is 2.10. The summed E-state index contributed by atoms with van der Waals surface area (Å²) in [6.07, 6.45) is 1.73. The molecule has 1 heterocycles. The van der Waals surface area contributed by atoms with Crippen LogP contribution in [0.25, 0.3) is 0 Å². The fraction of sp³-hybridized carbons (Fsp3) is 0.286. The Kier molecular flexibility index (Phi) is 5.43. The van der Waals surface area contributed by atoms with Gasteiger partial charge >= 0.3 is 0 Å². The first-order chi connectivity index (χ1) is 9.78. The second kappa shape index (κ2) is 7.55. The number of aromatic nitrogens is 2. The van der Waals surface area contributed by atoms with Crippen molar-refractivity contribution in [2.75, 3.05) is 6.54 Å². The molecule has 0 aliphatic heterocycles. The lowest BCUT2D eigenvalue weighted by molar-refractivity contribution is 0.794. The zero-order chi connectivity index (χ0) is 14.2. The van der Waals surface area contributed by atoms with E-state index in [0.29, 0.717) is 13.1 Å². The minimum atomic E-state index is 0.607. The molecule has 0 bridgehead atoms. The van der Waals surface area contributed by atoms with Crippen LogP contribution in [0.15, 0.2) is 41.5 Å². The van der Waals surface area contributed by atoms with Crippen LogP contribution in [-0.4, -0.2) is 22.7 Å². The summed E-state index contributed by atoms with van der Waals surface area (Å²) >= 11 is 5.86. The summed E-state index contributed by atoms with van der Waals surface area (Å²) in [6.45, 7) is 4.12. The van der Waals surface area contributed by atoms with Crippen LogP contribution >= 0.6 is 11.6 Å². The van der Waals surface area contributed by atoms with Gasteiger partial charge in [0.25, 0.3) is 0 Å². The SMILES string of the molecule is CCNC(=NCc1ccc(Cl)cc1)NCc1ccn[nH]1. The van der Waals surface area contributed by atoms with Crippen molar-refractivity contribution in [3.63, 3.8) is 0 Å². The Bertz CT molecular complexity index is 533. The molecule has 0 unspecified atom stereocenters. The van der Waals surface area contributed by atoms with Gasteiger partial charge in [-0.25, -0.2) is 4.99 Å². The molecule has 2 rings (SSSR count). The van der Waals surface area contributed by atoms with Crippen molar-refractivity contribution < 1.29 is 0 Å². The monoisotopic (exact) mass is 291 g/mol. The van der Waals surface area contributed by atoms with Crippen molar-refractivity contribution in [2.24, 2.45) is 4.99 Å². The molecule has 0 amide bonds. The molecule has 0 aliphatic rings. The molecule has 0 aliphatic carbocycles. The van der Waals surface area contributed by atoms with E-state index in [2.05, 4.69) is 25.8 Å². The molecule has 5 nitrogen and oxygen atoms in total. The van der Waals surface area contributed by atoms with Gasteiger partial charge in [0.15, 0.2) is 5.96 Å². The van der Waals surface area contributed by atoms with E-state index in [0.717, 1.165) is 28.8 Å². The zero-order valence-corrected chi connectivity index (χ0v) is 12.1. The third kappa shape index (κ3) is 4.59. The maximum absolute atomic E-state index is 5.86. The average Bonchev–Trinajstić information content (AvgIpc) is 2.97. The van der Waals surface area contributed by atoms with E-state index in [-0.39, 0.29) is 0 Å². The summed E-state index contributed by atoms with van der Waals surface area (Å²) in [5.41, 5.74) is 2.13. The van der Waals surface area contributed by atoms with Gasteiger partial charge in [-0.2, -0.15) is 5.10 Å². The smallest absolute Gasteiger partial charge is 0.191 e. The van der Waals surface area contributed by atoms with Gasteiger partial charge in [-0.15, -0.1) is 0 Å². The molecule has 0 fully saturated rings. The summed E-state index contributed by atoms with van der Waals surface area (Å²) in [6, 6.07) is 9.62. The Hall–Kier alpha value is -2.01. The number of nitrogens with zero attached hydrogens (tertiary/aromatic N) is 2. The van der Waals surface area contributed by atoms with Gasteiger partial charge in [0.1, 0.15) is 0 Å². The van der Waals surface area contributed by atoms with Crippen molar-refractivity contribution >= 4 is 17.6 Å². The van der Waals surface area contributed by atoms with E-state index >= 15 is 0 Å². The van der Waals surface area contributed by atoms with Crippen molar-refractivity contribution in [1.29, 1.82) is 0 Å². The van der Waals surface area contributed by atoms with Gasteiger partial charge in [-0.05, 0) is 30.7 Å². The van der Waals surface area contributed by atoms with Crippen LogP contribution in [0.2, 0.25) is 5.02 Å². The second-order valence-corrected chi connectivity index (χ2v) is 4.69. The summed E-state index contributed by atoms with van der Waals surface area (Å²) in [4.78, 5) is 4.53. The van der Waals surface area contributed by atoms with Crippen LogP contribution in [0, 0.1) is 0 Å². The van der Waals surface area contributed by atoms with Gasteiger partial charge in [0.2, 0.25) is 0 Å². The number of guanidine groups is 1. The minimum absolute atomic E-state index is 0.607. The molecule has 6 heteroatoms. The molecule has 0 saturated carbocycles. The van der Waals surface area contributed by atoms with Gasteiger partial charge in [-0.3, -0.25) is 5.10 Å². The normalized spacial score (nSPS) is 11.4. The van der Waals surface area contributed by atoms with E-state index in [1.807, 2.05) is 37.3 Å². The third-order valence-electron chi connectivity index (χ3n) is 2.68. The van der Waals surface area contributed by atoms with E-state index in [1.54, 1.807) is 6.20 Å². The van der Waals surface area contributed by atoms with E-state index in [4.69, 9.17) is 11.6 Å². The number of hydrogen-bond donors (Lipinski definition) is 3. The van der Waals surface area contributed by atoms with Crippen LogP contribution in [0.5, 0.6) is 0 Å². The predicted octanol–water partition coefficient (Wildman–Crippen LogP) is 2.32. The first-order valence-corrected chi connectivity index (χ1v) is 6.90. The van der Waals surface area contributed by atoms with E-state index in [1.165, 1.54) is 0 Å². The molecular weight excluding hydrogens is 274 g/mol. The Morgan fingerprint density at radius 2 is 2.05 bits per heavy atom. The van der Waals surface area contributed by atoms with Crippen LogP contribution in [0.1, 0.15) is 18.2 Å². The fourth-order valence-electron chi connectivity index (χ4n) is 1.66. The Morgan fingerprint density at radius 1 is 1.25 bits per heavy atom. The molecule has 3 N–H and O–H groups in total. The van der Waals surface area contributed by atoms with Crippen molar-refractivity contribution in [3.05, 3.63) is 52.8 Å². The lowest BCUT2D eigenvalue weighted by Gasteiger charge is -2.10. The largest absolute Gasteiger partial charge is 0.357 e. The predicted molar refractivity (Wildman–Crippen MR) is 81.7 cm³/mol. The number of rotatable bonds is 5. The minimum Gasteiger partial charge on any atom is -0.357 e. The first-order valence-electron chi connectivity index (χ1n) is 6.53. The highest BCUT2D eigenvalue weighted by molar-refractivity contribution is 6.30. The van der Waals surface area contributed by atoms with Gasteiger partial charge in [0.05, 0.1) is 18.8 Å². The van der Waals surface area contributed by atoms with Crippen molar-refractivity contribution in [2.45, 2.75) is 20.0 Å². The van der Waals surface area contributed by atoms with Crippen molar-refractivity contribution in [1.82, 2.24) is 20.8 Å². The van der Waals surface area contributed by atoms with Crippen LogP contribution in [-0.2, 0) is 13.1 Å². The summed E-state index contributed by atoms with van der Waals surface area (Å²) < 4.78 is 0. The highest BCUT2D eigenvalue weighted by atomic mass is 35.5.